The second kappa shape index (κ2) is 8.41. The second-order valence-corrected chi connectivity index (χ2v) is 6.74. The van der Waals surface area contributed by atoms with Crippen LogP contribution in [-0.4, -0.2) is 20.9 Å². The number of aromatic nitrogens is 3. The molecule has 0 atom stereocenters. The second-order valence-electron chi connectivity index (χ2n) is 5.94. The van der Waals surface area contributed by atoms with E-state index in [2.05, 4.69) is 10.3 Å². The number of halogens is 2. The van der Waals surface area contributed by atoms with Crippen molar-refractivity contribution in [2.75, 3.05) is 0 Å². The van der Waals surface area contributed by atoms with Gasteiger partial charge in [-0.05, 0) is 37.6 Å². The fourth-order valence-electron chi connectivity index (χ4n) is 2.45. The maximum Gasteiger partial charge on any atom is 0.331 e. The van der Waals surface area contributed by atoms with Crippen molar-refractivity contribution in [2.45, 2.75) is 27.0 Å². The lowest BCUT2D eigenvalue weighted by Gasteiger charge is -2.03. The molecule has 2 heterocycles. The van der Waals surface area contributed by atoms with Gasteiger partial charge in [-0.1, -0.05) is 40.5 Å². The Hall–Kier alpha value is -2.57. The third kappa shape index (κ3) is 4.99. The molecule has 2 aromatic heterocycles. The molecule has 27 heavy (non-hydrogen) atoms. The number of hydrogen-bond donors (Lipinski definition) is 0. The van der Waals surface area contributed by atoms with Crippen LogP contribution >= 0.6 is 23.2 Å². The zero-order valence-electron chi connectivity index (χ0n) is 14.8. The van der Waals surface area contributed by atoms with Crippen molar-refractivity contribution in [2.24, 2.45) is 0 Å². The first-order valence-electron chi connectivity index (χ1n) is 8.17. The molecule has 3 aromatic rings. The summed E-state index contributed by atoms with van der Waals surface area (Å²) in [6, 6.07) is 9.16. The molecule has 3 rings (SSSR count). The number of nitrogens with zero attached hydrogens (tertiary/aromatic N) is 3. The number of aryl methyl sites for hydroxylation is 2. The molecule has 0 fully saturated rings. The molecule has 0 radical (unpaired) electrons. The number of esters is 1. The molecule has 0 N–H and O–H groups in total. The molecule has 0 aliphatic heterocycles. The van der Waals surface area contributed by atoms with Crippen LogP contribution in [0, 0.1) is 13.8 Å². The summed E-state index contributed by atoms with van der Waals surface area (Å²) in [5.74, 6) is 0.156. The Morgan fingerprint density at radius 3 is 2.67 bits per heavy atom. The number of ether oxygens (including phenoxy) is 1. The highest BCUT2D eigenvalue weighted by molar-refractivity contribution is 6.31. The van der Waals surface area contributed by atoms with E-state index in [1.54, 1.807) is 23.7 Å². The van der Waals surface area contributed by atoms with Crippen LogP contribution in [0.4, 0.5) is 0 Å². The number of rotatable bonds is 6. The van der Waals surface area contributed by atoms with Crippen LogP contribution in [0.15, 0.2) is 40.9 Å². The maximum atomic E-state index is 11.9. The van der Waals surface area contributed by atoms with E-state index < -0.39 is 5.97 Å². The van der Waals surface area contributed by atoms with Gasteiger partial charge in [0.1, 0.15) is 23.2 Å². The van der Waals surface area contributed by atoms with E-state index in [4.69, 9.17) is 32.5 Å². The van der Waals surface area contributed by atoms with Gasteiger partial charge in [-0.2, -0.15) is 5.10 Å². The van der Waals surface area contributed by atoms with Crippen LogP contribution in [0.3, 0.4) is 0 Å². The summed E-state index contributed by atoms with van der Waals surface area (Å²) in [4.78, 5) is 11.9. The molecule has 140 valence electrons. The summed E-state index contributed by atoms with van der Waals surface area (Å²) < 4.78 is 11.7. The van der Waals surface area contributed by atoms with Crippen molar-refractivity contribution >= 4 is 35.2 Å². The fraction of sp³-hybridized carbons (Fsp3) is 0.211. The van der Waals surface area contributed by atoms with E-state index in [0.29, 0.717) is 39.4 Å². The van der Waals surface area contributed by atoms with E-state index in [-0.39, 0.29) is 6.61 Å². The minimum atomic E-state index is -0.503. The number of carbonyl (C=O) groups is 1. The zero-order chi connectivity index (χ0) is 19.4. The van der Waals surface area contributed by atoms with Crippen molar-refractivity contribution in [3.63, 3.8) is 0 Å². The van der Waals surface area contributed by atoms with Crippen molar-refractivity contribution in [3.8, 4) is 0 Å². The third-order valence-electron chi connectivity index (χ3n) is 3.78. The third-order valence-corrected chi connectivity index (χ3v) is 4.43. The molecule has 1 aromatic carbocycles. The highest BCUT2D eigenvalue weighted by Crippen LogP contribution is 2.23. The number of hydrogen-bond acceptors (Lipinski definition) is 5. The van der Waals surface area contributed by atoms with Gasteiger partial charge in [0.05, 0.1) is 12.2 Å². The molecule has 0 saturated heterocycles. The lowest BCUT2D eigenvalue weighted by atomic mass is 10.2. The molecule has 0 saturated carbocycles. The van der Waals surface area contributed by atoms with Crippen molar-refractivity contribution in [1.82, 2.24) is 14.9 Å². The van der Waals surface area contributed by atoms with Crippen LogP contribution in [0.5, 0.6) is 0 Å². The van der Waals surface area contributed by atoms with Gasteiger partial charge in [0, 0.05) is 22.7 Å². The first-order valence-corrected chi connectivity index (χ1v) is 8.92. The zero-order valence-corrected chi connectivity index (χ0v) is 16.3. The van der Waals surface area contributed by atoms with E-state index in [1.165, 1.54) is 6.08 Å². The smallest absolute Gasteiger partial charge is 0.331 e. The van der Waals surface area contributed by atoms with Crippen molar-refractivity contribution in [1.29, 1.82) is 0 Å². The average Bonchev–Trinajstić information content (AvgIpc) is 3.17. The summed E-state index contributed by atoms with van der Waals surface area (Å²) in [6.45, 7) is 4.14. The van der Waals surface area contributed by atoms with Crippen LogP contribution in [0.2, 0.25) is 10.2 Å². The van der Waals surface area contributed by atoms with Crippen LogP contribution in [-0.2, 0) is 22.7 Å². The van der Waals surface area contributed by atoms with E-state index >= 15 is 0 Å². The minimum Gasteiger partial charge on any atom is -0.456 e. The molecule has 0 aliphatic rings. The Bertz CT molecular complexity index is 975. The molecule has 0 amide bonds. The predicted molar refractivity (Wildman–Crippen MR) is 103 cm³/mol. The number of benzene rings is 1. The Morgan fingerprint density at radius 1 is 1.26 bits per heavy atom. The topological polar surface area (TPSA) is 70.2 Å². The normalized spacial score (nSPS) is 11.3. The SMILES string of the molecule is Cc1cc(COC(=O)/C=C/c2c(C)nn(Cc3ccc(Cl)cc3)c2Cl)no1. The fourth-order valence-corrected chi connectivity index (χ4v) is 2.88. The van der Waals surface area contributed by atoms with Gasteiger partial charge in [-0.15, -0.1) is 0 Å². The summed E-state index contributed by atoms with van der Waals surface area (Å²) in [6.07, 6.45) is 2.91. The van der Waals surface area contributed by atoms with E-state index in [0.717, 1.165) is 5.56 Å². The van der Waals surface area contributed by atoms with Gasteiger partial charge in [-0.25, -0.2) is 9.48 Å². The van der Waals surface area contributed by atoms with Gasteiger partial charge in [0.25, 0.3) is 0 Å². The Balaban J connectivity index is 1.65. The van der Waals surface area contributed by atoms with Gasteiger partial charge in [0.15, 0.2) is 0 Å². The lowest BCUT2D eigenvalue weighted by Crippen LogP contribution is -2.02. The van der Waals surface area contributed by atoms with Crippen LogP contribution in [0.1, 0.15) is 28.3 Å². The molecular formula is C19H17Cl2N3O3. The molecule has 0 spiro atoms. The van der Waals surface area contributed by atoms with Crippen LogP contribution < -0.4 is 0 Å². The standard InChI is InChI=1S/C19H17Cl2N3O3/c1-12-9-16(23-27-12)11-26-18(25)8-7-17-13(2)22-24(19(17)21)10-14-3-5-15(20)6-4-14/h3-9H,10-11H2,1-2H3/b8-7+. The lowest BCUT2D eigenvalue weighted by molar-refractivity contribution is -0.139. The summed E-state index contributed by atoms with van der Waals surface area (Å²) >= 11 is 12.3. The Kier molecular flexibility index (Phi) is 5.98. The van der Waals surface area contributed by atoms with E-state index in [1.807, 2.05) is 31.2 Å². The van der Waals surface area contributed by atoms with Crippen molar-refractivity contribution < 1.29 is 14.1 Å². The minimum absolute atomic E-state index is 0.0447. The van der Waals surface area contributed by atoms with Gasteiger partial charge in [0.2, 0.25) is 0 Å². The largest absolute Gasteiger partial charge is 0.456 e. The molecule has 0 bridgehead atoms. The first-order chi connectivity index (χ1) is 12.9. The highest BCUT2D eigenvalue weighted by atomic mass is 35.5. The molecule has 6 nitrogen and oxygen atoms in total. The summed E-state index contributed by atoms with van der Waals surface area (Å²) in [7, 11) is 0. The molecule has 0 aliphatic carbocycles. The van der Waals surface area contributed by atoms with Gasteiger partial charge >= 0.3 is 5.97 Å². The Morgan fingerprint density at radius 2 is 2.00 bits per heavy atom. The summed E-state index contributed by atoms with van der Waals surface area (Å²) in [5, 5.41) is 9.31. The Labute approximate surface area is 166 Å². The van der Waals surface area contributed by atoms with Gasteiger partial charge in [-0.3, -0.25) is 0 Å². The van der Waals surface area contributed by atoms with E-state index in [9.17, 15) is 4.79 Å². The molecule has 0 unspecified atom stereocenters. The molecular weight excluding hydrogens is 389 g/mol. The quantitative estimate of drug-likeness (QED) is 0.442. The number of carbonyl (C=O) groups excluding carboxylic acids is 1. The predicted octanol–water partition coefficient (Wildman–Crippen LogP) is 4.60. The van der Waals surface area contributed by atoms with Gasteiger partial charge < -0.3 is 9.26 Å². The van der Waals surface area contributed by atoms with Crippen LogP contribution in [0.25, 0.3) is 6.08 Å². The first kappa shape index (κ1) is 19.2. The van der Waals surface area contributed by atoms with Crippen molar-refractivity contribution in [3.05, 3.63) is 74.9 Å². The average molecular weight is 406 g/mol. The summed E-state index contributed by atoms with van der Waals surface area (Å²) in [5.41, 5.74) is 2.95. The molecule has 8 heteroatoms. The maximum absolute atomic E-state index is 11.9. The monoisotopic (exact) mass is 405 g/mol. The highest BCUT2D eigenvalue weighted by Gasteiger charge is 2.12.